The Bertz CT molecular complexity index is 947. The Morgan fingerprint density at radius 1 is 1.26 bits per heavy atom. The predicted octanol–water partition coefficient (Wildman–Crippen LogP) is 2.18. The van der Waals surface area contributed by atoms with Gasteiger partial charge in [-0.1, -0.05) is 37.3 Å². The standard InChI is InChI=1S/C20H25N5O2/c1-3-10-24-19-17(22-16(23-19)9-11-27-2)18-21-15(13-25(18)20(24)26)12-14-7-5-4-6-8-14/h4-8,15,21H,3,9-13H2,1-2H3/t15-/m1/s1. The molecule has 0 bridgehead atoms. The summed E-state index contributed by atoms with van der Waals surface area (Å²) in [4.78, 5) is 22.4. The lowest BCUT2D eigenvalue weighted by atomic mass is 10.1. The van der Waals surface area contributed by atoms with E-state index in [1.807, 2.05) is 22.8 Å². The van der Waals surface area contributed by atoms with E-state index in [-0.39, 0.29) is 11.7 Å². The summed E-state index contributed by atoms with van der Waals surface area (Å²) in [6, 6.07) is 10.5. The van der Waals surface area contributed by atoms with Gasteiger partial charge >= 0.3 is 5.69 Å². The average Bonchev–Trinajstić information content (AvgIpc) is 3.28. The zero-order chi connectivity index (χ0) is 18.8. The number of hydrogen-bond acceptors (Lipinski definition) is 5. The van der Waals surface area contributed by atoms with Gasteiger partial charge in [0.05, 0.1) is 6.61 Å². The van der Waals surface area contributed by atoms with E-state index < -0.39 is 0 Å². The number of anilines is 1. The second kappa shape index (κ2) is 7.52. The molecule has 0 saturated carbocycles. The lowest BCUT2D eigenvalue weighted by molar-refractivity contribution is 0.200. The van der Waals surface area contributed by atoms with Gasteiger partial charge in [0, 0.05) is 32.7 Å². The van der Waals surface area contributed by atoms with Crippen molar-refractivity contribution in [2.45, 2.75) is 45.3 Å². The van der Waals surface area contributed by atoms with Crippen LogP contribution in [0.25, 0.3) is 11.5 Å². The van der Waals surface area contributed by atoms with Gasteiger partial charge in [-0.25, -0.2) is 14.8 Å². The zero-order valence-electron chi connectivity index (χ0n) is 15.8. The Kier molecular flexibility index (Phi) is 4.94. The van der Waals surface area contributed by atoms with E-state index in [1.54, 1.807) is 11.7 Å². The fraction of sp³-hybridized carbons (Fsp3) is 0.450. The third-order valence-corrected chi connectivity index (χ3v) is 4.95. The van der Waals surface area contributed by atoms with Crippen LogP contribution in [0.4, 0.5) is 5.82 Å². The second-order valence-corrected chi connectivity index (χ2v) is 6.98. The van der Waals surface area contributed by atoms with Gasteiger partial charge in [-0.15, -0.1) is 0 Å². The van der Waals surface area contributed by atoms with Crippen molar-refractivity contribution in [2.75, 3.05) is 19.0 Å². The molecule has 7 heteroatoms. The Labute approximate surface area is 158 Å². The van der Waals surface area contributed by atoms with E-state index in [0.29, 0.717) is 31.9 Å². The number of imidazole rings is 1. The van der Waals surface area contributed by atoms with Gasteiger partial charge in [-0.2, -0.15) is 0 Å². The maximum Gasteiger partial charge on any atom is 0.331 e. The van der Waals surface area contributed by atoms with Gasteiger partial charge in [0.15, 0.2) is 5.82 Å². The highest BCUT2D eigenvalue weighted by molar-refractivity contribution is 5.69. The third kappa shape index (κ3) is 3.35. The van der Waals surface area contributed by atoms with Crippen molar-refractivity contribution in [3.63, 3.8) is 0 Å². The summed E-state index contributed by atoms with van der Waals surface area (Å²) in [7, 11) is 1.67. The number of aromatic nitrogens is 4. The number of fused-ring (bicyclic) bond motifs is 3. The van der Waals surface area contributed by atoms with Crippen LogP contribution in [0.3, 0.4) is 0 Å². The molecule has 0 radical (unpaired) electrons. The molecular weight excluding hydrogens is 342 g/mol. The van der Waals surface area contributed by atoms with Crippen molar-refractivity contribution in [1.82, 2.24) is 19.1 Å². The van der Waals surface area contributed by atoms with Gasteiger partial charge in [0.2, 0.25) is 0 Å². The number of benzene rings is 1. The maximum atomic E-state index is 13.1. The van der Waals surface area contributed by atoms with E-state index >= 15 is 0 Å². The number of nitrogens with one attached hydrogen (secondary N) is 1. The van der Waals surface area contributed by atoms with Crippen molar-refractivity contribution < 1.29 is 4.74 Å². The quantitative estimate of drug-likeness (QED) is 0.693. The van der Waals surface area contributed by atoms with Crippen molar-refractivity contribution in [2.24, 2.45) is 0 Å². The first-order chi connectivity index (χ1) is 13.2. The number of rotatable bonds is 7. The van der Waals surface area contributed by atoms with Crippen molar-refractivity contribution in [3.05, 3.63) is 52.2 Å². The summed E-state index contributed by atoms with van der Waals surface area (Å²) in [6.07, 6.45) is 2.37. The summed E-state index contributed by atoms with van der Waals surface area (Å²) in [5.74, 6) is 2.19. The predicted molar refractivity (Wildman–Crippen MR) is 104 cm³/mol. The molecule has 1 aromatic carbocycles. The minimum absolute atomic E-state index is 0.0133. The number of ether oxygens (including phenoxy) is 1. The van der Waals surface area contributed by atoms with Crippen LogP contribution < -0.4 is 11.0 Å². The van der Waals surface area contributed by atoms with E-state index in [2.05, 4.69) is 29.4 Å². The molecule has 0 aromatic heterocycles. The molecule has 1 N–H and O–H groups in total. The Balaban J connectivity index is 1.71. The molecule has 0 aliphatic carbocycles. The van der Waals surface area contributed by atoms with Crippen LogP contribution in [0.2, 0.25) is 0 Å². The lowest BCUT2D eigenvalue weighted by Crippen LogP contribution is -2.32. The van der Waals surface area contributed by atoms with Crippen LogP contribution in [0.1, 0.15) is 24.7 Å². The molecule has 27 heavy (non-hydrogen) atoms. The third-order valence-electron chi connectivity index (χ3n) is 4.95. The van der Waals surface area contributed by atoms with Gasteiger partial charge in [0.1, 0.15) is 17.3 Å². The van der Waals surface area contributed by atoms with E-state index in [1.165, 1.54) is 5.56 Å². The minimum Gasteiger partial charge on any atom is -0.384 e. The average molecular weight is 367 g/mol. The van der Waals surface area contributed by atoms with Gasteiger partial charge in [0.25, 0.3) is 0 Å². The van der Waals surface area contributed by atoms with Crippen LogP contribution in [0.15, 0.2) is 35.1 Å². The van der Waals surface area contributed by atoms with Gasteiger partial charge in [-0.3, -0.25) is 9.13 Å². The monoisotopic (exact) mass is 367 g/mol. The topological polar surface area (TPSA) is 74.0 Å². The normalized spacial score (nSPS) is 15.9. The van der Waals surface area contributed by atoms with Crippen molar-refractivity contribution >= 4 is 5.82 Å². The molecule has 3 aliphatic rings. The van der Waals surface area contributed by atoms with E-state index in [9.17, 15) is 4.79 Å². The fourth-order valence-electron chi connectivity index (χ4n) is 3.71. The van der Waals surface area contributed by atoms with Crippen LogP contribution in [-0.2, 0) is 30.7 Å². The highest BCUT2D eigenvalue weighted by atomic mass is 16.5. The molecule has 0 spiro atoms. The number of hydrogen-bond donors (Lipinski definition) is 1. The molecular formula is C20H25N5O2. The molecule has 0 saturated heterocycles. The van der Waals surface area contributed by atoms with E-state index in [0.717, 1.165) is 30.2 Å². The molecule has 3 heterocycles. The van der Waals surface area contributed by atoms with Crippen molar-refractivity contribution in [1.29, 1.82) is 0 Å². The minimum atomic E-state index is -0.0133. The largest absolute Gasteiger partial charge is 0.384 e. The first-order valence-corrected chi connectivity index (χ1v) is 9.50. The molecule has 1 atom stereocenters. The zero-order valence-corrected chi connectivity index (χ0v) is 15.8. The smallest absolute Gasteiger partial charge is 0.331 e. The van der Waals surface area contributed by atoms with Crippen LogP contribution in [0, 0.1) is 0 Å². The van der Waals surface area contributed by atoms with Gasteiger partial charge in [-0.05, 0) is 18.4 Å². The van der Waals surface area contributed by atoms with Crippen LogP contribution in [0.5, 0.6) is 0 Å². The first kappa shape index (κ1) is 17.7. The summed E-state index contributed by atoms with van der Waals surface area (Å²) in [5.41, 5.74) is 2.02. The molecule has 7 nitrogen and oxygen atoms in total. The maximum absolute atomic E-state index is 13.1. The Morgan fingerprint density at radius 3 is 2.81 bits per heavy atom. The highest BCUT2D eigenvalue weighted by Crippen LogP contribution is 2.31. The number of nitrogens with zero attached hydrogens (tertiary/aromatic N) is 4. The molecule has 142 valence electrons. The van der Waals surface area contributed by atoms with E-state index in [4.69, 9.17) is 9.72 Å². The lowest BCUT2D eigenvalue weighted by Gasteiger charge is -2.13. The van der Waals surface area contributed by atoms with Crippen LogP contribution >= 0.6 is 0 Å². The fourth-order valence-corrected chi connectivity index (χ4v) is 3.71. The molecule has 3 aliphatic heterocycles. The summed E-state index contributed by atoms with van der Waals surface area (Å²) in [5, 5.41) is 3.52. The molecule has 0 amide bonds. The Hall–Kier alpha value is -2.67. The van der Waals surface area contributed by atoms with Gasteiger partial charge < -0.3 is 10.1 Å². The first-order valence-electron chi connectivity index (χ1n) is 9.50. The number of methoxy groups -OCH3 is 1. The van der Waals surface area contributed by atoms with Crippen molar-refractivity contribution in [3.8, 4) is 11.5 Å². The molecule has 1 aromatic rings. The second-order valence-electron chi connectivity index (χ2n) is 6.98. The van der Waals surface area contributed by atoms with Crippen LogP contribution in [-0.4, -0.2) is 38.9 Å². The Morgan fingerprint density at radius 2 is 2.07 bits per heavy atom. The SMILES string of the molecule is CCCn1c2nc(CCOC)nc-2c2n(c1=O)C[C@@H](Cc1ccccc1)N2. The summed E-state index contributed by atoms with van der Waals surface area (Å²) >= 11 is 0. The molecule has 0 fully saturated rings. The molecule has 4 rings (SSSR count). The molecule has 0 unspecified atom stereocenters. The summed E-state index contributed by atoms with van der Waals surface area (Å²) in [6.45, 7) is 3.91. The highest BCUT2D eigenvalue weighted by Gasteiger charge is 2.31. The summed E-state index contributed by atoms with van der Waals surface area (Å²) < 4.78 is 8.73.